The van der Waals surface area contributed by atoms with Crippen molar-refractivity contribution < 1.29 is 52.7 Å². The Balaban J connectivity index is 0.000000264. The molecule has 4 rings (SSSR count). The van der Waals surface area contributed by atoms with Crippen molar-refractivity contribution in [1.82, 2.24) is 0 Å². The van der Waals surface area contributed by atoms with Crippen LogP contribution in [0.1, 0.15) is 23.7 Å². The summed E-state index contributed by atoms with van der Waals surface area (Å²) < 4.78 is 123. The molecule has 0 aliphatic rings. The highest BCUT2D eigenvalue weighted by Gasteiger charge is 2.54. The minimum Gasteiger partial charge on any atom is -0.462 e. The fourth-order valence-electron chi connectivity index (χ4n) is 3.80. The Hall–Kier alpha value is -3.82. The molecule has 0 bridgehead atoms. The van der Waals surface area contributed by atoms with Gasteiger partial charge in [-0.25, -0.2) is 4.79 Å². The quantitative estimate of drug-likeness (QED) is 0.0766. The molecule has 0 spiro atoms. The van der Waals surface area contributed by atoms with Crippen LogP contribution >= 0.6 is 0 Å². The first-order chi connectivity index (χ1) is 21.5. The molecule has 0 aliphatic carbocycles. The summed E-state index contributed by atoms with van der Waals surface area (Å²) >= 11 is 0. The number of rotatable bonds is 9. The van der Waals surface area contributed by atoms with E-state index in [-0.39, 0.29) is 16.5 Å². The predicted molar refractivity (Wildman–Crippen MR) is 161 cm³/mol. The number of ether oxygens (including phenoxy) is 1. The number of hydrogen-bond acceptors (Lipinski definition) is 6. The van der Waals surface area contributed by atoms with Gasteiger partial charge in [-0.3, -0.25) is 16.8 Å². The fourth-order valence-corrected chi connectivity index (χ4v) is 9.05. The van der Waals surface area contributed by atoms with Crippen molar-refractivity contribution in [1.29, 1.82) is 0 Å². The van der Waals surface area contributed by atoms with Crippen LogP contribution in [-0.4, -0.2) is 39.9 Å². The van der Waals surface area contributed by atoms with Crippen molar-refractivity contribution >= 4 is 36.5 Å². The topological polar surface area (TPSA) is 94.6 Å². The molecule has 15 heteroatoms. The van der Waals surface area contributed by atoms with Gasteiger partial charge in [0.25, 0.3) is 0 Å². The molecular weight excluding hydrogens is 679 g/mol. The Bertz CT molecular complexity index is 1630. The smallest absolute Gasteiger partial charge is 0.462 e. The molecule has 0 radical (unpaired) electrons. The molecule has 0 aliphatic heterocycles. The van der Waals surface area contributed by atoms with Gasteiger partial charge >= 0.3 is 17.0 Å². The zero-order valence-corrected chi connectivity index (χ0v) is 26.2. The van der Waals surface area contributed by atoms with Crippen LogP contribution in [0.4, 0.5) is 26.3 Å². The lowest BCUT2D eigenvalue weighted by Crippen LogP contribution is -2.41. The summed E-state index contributed by atoms with van der Waals surface area (Å²) in [4.78, 5) is 15.8. The van der Waals surface area contributed by atoms with E-state index in [9.17, 15) is 48.0 Å². The van der Waals surface area contributed by atoms with E-state index in [1.165, 1.54) is 45.0 Å². The summed E-state index contributed by atoms with van der Waals surface area (Å²) in [6.45, 7) is 0.749. The molecule has 0 N–H and O–H groups in total. The van der Waals surface area contributed by atoms with Gasteiger partial charge < -0.3 is 4.74 Å². The zero-order valence-electron chi connectivity index (χ0n) is 23.8. The van der Waals surface area contributed by atoms with E-state index >= 15 is 0 Å². The van der Waals surface area contributed by atoms with Gasteiger partial charge in [-0.05, 0) is 55.5 Å². The zero-order chi connectivity index (χ0) is 34.2. The highest BCUT2D eigenvalue weighted by atomic mass is 32.3. The Morgan fingerprint density at radius 2 is 0.935 bits per heavy atom. The number of alkyl halides is 6. The maximum atomic E-state index is 12.6. The Morgan fingerprint density at radius 1 is 0.630 bits per heavy atom. The Labute approximate surface area is 265 Å². The minimum atomic E-state index is -6.86. The lowest BCUT2D eigenvalue weighted by atomic mass is 10.2. The SMILES string of the molecule is CC(C[C-](S(=O)(=O)C(F)(F)F)S(=O)(=O)C(F)(F)F)OC(=O)c1ccccc1.c1ccc([S+](c2ccccc2)c2ccccc2)cc1. The number of carbonyl (C=O) groups excluding carboxylic acids is 1. The second-order valence-electron chi connectivity index (χ2n) is 9.30. The van der Waals surface area contributed by atoms with Gasteiger partial charge in [-0.1, -0.05) is 77.4 Å². The predicted octanol–water partition coefficient (Wildman–Crippen LogP) is 7.76. The number of halogens is 6. The molecular formula is C31H26F6O6S3. The average molecular weight is 705 g/mol. The van der Waals surface area contributed by atoms with Crippen molar-refractivity contribution in [2.24, 2.45) is 0 Å². The lowest BCUT2D eigenvalue weighted by molar-refractivity contribution is -0.0458. The molecule has 4 aromatic carbocycles. The van der Waals surface area contributed by atoms with Crippen LogP contribution in [0.15, 0.2) is 136 Å². The van der Waals surface area contributed by atoms with Gasteiger partial charge in [0.15, 0.2) is 14.7 Å². The first-order valence-electron chi connectivity index (χ1n) is 13.1. The second kappa shape index (κ2) is 15.2. The summed E-state index contributed by atoms with van der Waals surface area (Å²) in [7, 11) is -13.7. The third-order valence-electron chi connectivity index (χ3n) is 5.92. The van der Waals surface area contributed by atoms with Crippen LogP contribution < -0.4 is 0 Å². The van der Waals surface area contributed by atoms with E-state index in [2.05, 4.69) is 95.7 Å². The van der Waals surface area contributed by atoms with Gasteiger partial charge in [0, 0.05) is 0 Å². The van der Waals surface area contributed by atoms with Crippen LogP contribution in [0.25, 0.3) is 0 Å². The summed E-state index contributed by atoms with van der Waals surface area (Å²) in [5.74, 6) is -1.20. The first-order valence-corrected chi connectivity index (χ1v) is 17.3. The van der Waals surface area contributed by atoms with E-state index in [1.807, 2.05) is 0 Å². The summed E-state index contributed by atoms with van der Waals surface area (Å²) in [5, 5.41) is 0. The molecule has 46 heavy (non-hydrogen) atoms. The number of sulfone groups is 2. The Kier molecular flexibility index (Phi) is 12.1. The van der Waals surface area contributed by atoms with Gasteiger partial charge in [0.05, 0.1) is 22.6 Å². The normalized spacial score (nSPS) is 13.1. The summed E-state index contributed by atoms with van der Waals surface area (Å²) in [5.41, 5.74) is -12.7. The fraction of sp³-hybridized carbons (Fsp3) is 0.161. The number of esters is 1. The van der Waals surface area contributed by atoms with Crippen molar-refractivity contribution in [3.63, 3.8) is 0 Å². The monoisotopic (exact) mass is 704 g/mol. The second-order valence-corrected chi connectivity index (χ2v) is 15.5. The van der Waals surface area contributed by atoms with Crippen molar-refractivity contribution in [2.45, 2.75) is 45.2 Å². The maximum Gasteiger partial charge on any atom is 0.469 e. The van der Waals surface area contributed by atoms with Gasteiger partial charge in [-0.2, -0.15) is 26.3 Å². The first kappa shape index (κ1) is 36.6. The molecule has 0 amide bonds. The average Bonchev–Trinajstić information content (AvgIpc) is 3.01. The van der Waals surface area contributed by atoms with Crippen molar-refractivity contribution in [2.75, 3.05) is 0 Å². The third kappa shape index (κ3) is 9.13. The third-order valence-corrected chi connectivity index (χ3v) is 12.2. The molecule has 0 saturated carbocycles. The van der Waals surface area contributed by atoms with Crippen LogP contribution in [0.3, 0.4) is 0 Å². The number of benzene rings is 4. The van der Waals surface area contributed by atoms with Crippen LogP contribution in [0.5, 0.6) is 0 Å². The lowest BCUT2D eigenvalue weighted by Gasteiger charge is -2.33. The molecule has 0 aromatic heterocycles. The highest BCUT2D eigenvalue weighted by Crippen LogP contribution is 2.43. The van der Waals surface area contributed by atoms with E-state index in [4.69, 9.17) is 0 Å². The minimum absolute atomic E-state index is 0.0146. The Morgan fingerprint density at radius 3 is 1.24 bits per heavy atom. The van der Waals surface area contributed by atoms with E-state index in [1.54, 1.807) is 0 Å². The summed E-state index contributed by atoms with van der Waals surface area (Å²) in [6, 6.07) is 38.8. The highest BCUT2D eigenvalue weighted by molar-refractivity contribution is 8.13. The van der Waals surface area contributed by atoms with Crippen molar-refractivity contribution in [3.05, 3.63) is 131 Å². The van der Waals surface area contributed by atoms with Gasteiger partial charge in [0.1, 0.15) is 19.7 Å². The molecule has 1 unspecified atom stereocenters. The van der Waals surface area contributed by atoms with E-state index < -0.39 is 53.8 Å². The van der Waals surface area contributed by atoms with E-state index in [0.29, 0.717) is 0 Å². The molecule has 1 atom stereocenters. The standard InChI is InChI=1S/C18H15S.C13H11F6O6S2/c1-4-10-16(11-5-1)19(17-12-6-2-7-13-17)18-14-8-3-9-15-18;1-8(25-11(20)9-5-3-2-4-6-9)7-10(26(21,22)12(14,15)16)27(23,24)13(17,18)19/h1-15H;2-6,8H,7H2,1H3/q+1;-1. The van der Waals surface area contributed by atoms with Gasteiger partial charge in [0.2, 0.25) is 0 Å². The van der Waals surface area contributed by atoms with Crippen LogP contribution in [0.2, 0.25) is 0 Å². The molecule has 4 aromatic rings. The molecule has 246 valence electrons. The van der Waals surface area contributed by atoms with Crippen LogP contribution in [0, 0.1) is 4.58 Å². The van der Waals surface area contributed by atoms with Crippen molar-refractivity contribution in [3.8, 4) is 0 Å². The maximum absolute atomic E-state index is 12.6. The summed E-state index contributed by atoms with van der Waals surface area (Å²) in [6.07, 6.45) is -3.77. The molecule has 0 fully saturated rings. The molecule has 6 nitrogen and oxygen atoms in total. The number of carbonyl (C=O) groups is 1. The number of hydrogen-bond donors (Lipinski definition) is 0. The molecule has 0 heterocycles. The van der Waals surface area contributed by atoms with Gasteiger partial charge in [-0.15, -0.1) is 6.42 Å². The van der Waals surface area contributed by atoms with Crippen LogP contribution in [-0.2, 0) is 35.3 Å². The molecule has 0 saturated heterocycles. The van der Waals surface area contributed by atoms with E-state index in [0.717, 1.165) is 6.92 Å². The largest absolute Gasteiger partial charge is 0.469 e.